The fourth-order valence-corrected chi connectivity index (χ4v) is 1.38. The van der Waals surface area contributed by atoms with E-state index in [0.717, 1.165) is 11.2 Å². The summed E-state index contributed by atoms with van der Waals surface area (Å²) in [5.41, 5.74) is 1.75. The van der Waals surface area contributed by atoms with Gasteiger partial charge in [0.2, 0.25) is 0 Å². The van der Waals surface area contributed by atoms with E-state index in [1.165, 1.54) is 0 Å². The first-order chi connectivity index (χ1) is 6.31. The molecule has 1 aliphatic heterocycles. The van der Waals surface area contributed by atoms with Crippen LogP contribution in [0.1, 0.15) is 0 Å². The Labute approximate surface area is 76.4 Å². The van der Waals surface area contributed by atoms with Crippen LogP contribution in [0.5, 0.6) is 0 Å². The van der Waals surface area contributed by atoms with E-state index in [1.54, 1.807) is 7.11 Å². The third-order valence-electron chi connectivity index (χ3n) is 1.99. The van der Waals surface area contributed by atoms with Crippen LogP contribution < -0.4 is 16.0 Å². The Morgan fingerprint density at radius 3 is 2.92 bits per heavy atom. The van der Waals surface area contributed by atoms with Gasteiger partial charge in [0.1, 0.15) is 0 Å². The number of benzene rings is 1. The topological polar surface area (TPSA) is 50.4 Å². The lowest BCUT2D eigenvalue weighted by molar-refractivity contribution is 0.254. The van der Waals surface area contributed by atoms with Crippen LogP contribution in [0, 0.1) is 0 Å². The number of nitrogens with one attached hydrogen (secondary N) is 2. The van der Waals surface area contributed by atoms with Crippen molar-refractivity contribution in [2.75, 3.05) is 12.4 Å². The predicted octanol–water partition coefficient (Wildman–Crippen LogP) is 0.163. The Balaban J connectivity index is 2.42. The van der Waals surface area contributed by atoms with Gasteiger partial charge >= 0.3 is 13.1 Å². The number of carbonyl (C=O) groups excluding carboxylic acids is 1. The minimum Gasteiger partial charge on any atom is -0.415 e. The first-order valence-electron chi connectivity index (χ1n) is 4.00. The molecule has 0 atom stereocenters. The molecule has 1 aliphatic rings. The van der Waals surface area contributed by atoms with Crippen molar-refractivity contribution >= 4 is 24.2 Å². The molecular formula is C8H9BN2O2. The molecule has 0 aliphatic carbocycles. The molecule has 0 saturated carbocycles. The molecule has 2 amide bonds. The van der Waals surface area contributed by atoms with Gasteiger partial charge in [0, 0.05) is 12.8 Å². The first kappa shape index (κ1) is 8.13. The summed E-state index contributed by atoms with van der Waals surface area (Å²) < 4.78 is 5.12. The number of urea groups is 1. The van der Waals surface area contributed by atoms with Gasteiger partial charge in [0.15, 0.2) is 0 Å². The van der Waals surface area contributed by atoms with Crippen molar-refractivity contribution in [3.8, 4) is 0 Å². The maximum absolute atomic E-state index is 11.1. The maximum atomic E-state index is 11.1. The zero-order valence-electron chi connectivity index (χ0n) is 7.20. The third-order valence-corrected chi connectivity index (χ3v) is 1.99. The van der Waals surface area contributed by atoms with Crippen molar-refractivity contribution in [3.05, 3.63) is 24.3 Å². The lowest BCUT2D eigenvalue weighted by atomic mass is 9.71. The number of amides is 2. The number of hydrogen-bond donors (Lipinski definition) is 2. The summed E-state index contributed by atoms with van der Waals surface area (Å²) in [5, 5.41) is 5.34. The number of rotatable bonds is 1. The van der Waals surface area contributed by atoms with Crippen LogP contribution in [0.4, 0.5) is 10.5 Å². The van der Waals surface area contributed by atoms with Crippen molar-refractivity contribution in [2.45, 2.75) is 0 Å². The molecule has 0 spiro atoms. The second-order valence-electron chi connectivity index (χ2n) is 2.80. The highest BCUT2D eigenvalue weighted by molar-refractivity contribution is 6.70. The Hall–Kier alpha value is -1.49. The summed E-state index contributed by atoms with van der Waals surface area (Å²) in [7, 11) is 1.22. The molecule has 0 bridgehead atoms. The van der Waals surface area contributed by atoms with E-state index in [-0.39, 0.29) is 13.1 Å². The van der Waals surface area contributed by atoms with Crippen LogP contribution in [-0.4, -0.2) is 20.2 Å². The maximum Gasteiger partial charge on any atom is 0.454 e. The number of para-hydroxylation sites is 1. The summed E-state index contributed by atoms with van der Waals surface area (Å²) in [4.78, 5) is 11.1. The van der Waals surface area contributed by atoms with Crippen LogP contribution in [0.3, 0.4) is 0 Å². The highest BCUT2D eigenvalue weighted by Gasteiger charge is 2.28. The number of carbonyl (C=O) groups is 1. The highest BCUT2D eigenvalue weighted by atomic mass is 16.4. The van der Waals surface area contributed by atoms with Gasteiger partial charge in [-0.2, -0.15) is 0 Å². The summed E-state index contributed by atoms with van der Waals surface area (Å²) in [6, 6.07) is 7.31. The van der Waals surface area contributed by atoms with E-state index in [2.05, 4.69) is 10.5 Å². The Morgan fingerprint density at radius 1 is 1.38 bits per heavy atom. The fourth-order valence-electron chi connectivity index (χ4n) is 1.38. The molecule has 4 nitrogen and oxygen atoms in total. The van der Waals surface area contributed by atoms with Crippen molar-refractivity contribution in [1.29, 1.82) is 0 Å². The molecule has 2 rings (SSSR count). The van der Waals surface area contributed by atoms with Crippen molar-refractivity contribution in [1.82, 2.24) is 5.23 Å². The summed E-state index contributed by atoms with van der Waals surface area (Å²) >= 11 is 0. The lowest BCUT2D eigenvalue weighted by Gasteiger charge is -2.22. The predicted molar refractivity (Wildman–Crippen MR) is 51.0 cm³/mol. The first-order valence-corrected chi connectivity index (χ1v) is 4.00. The average molecular weight is 176 g/mol. The van der Waals surface area contributed by atoms with Gasteiger partial charge < -0.3 is 15.2 Å². The molecule has 13 heavy (non-hydrogen) atoms. The standard InChI is InChI=1S/C8H9BN2O2/c1-13-9-6-4-2-3-5-7(6)10-8(12)11-9/h2-5H,1H3,(H2,10,11,12). The molecule has 0 fully saturated rings. The Bertz CT molecular complexity index is 343. The molecular weight excluding hydrogens is 167 g/mol. The number of anilines is 1. The van der Waals surface area contributed by atoms with Crippen LogP contribution in [-0.2, 0) is 4.65 Å². The quantitative estimate of drug-likeness (QED) is 0.599. The second kappa shape index (κ2) is 3.10. The van der Waals surface area contributed by atoms with Crippen molar-refractivity contribution in [3.63, 3.8) is 0 Å². The van der Waals surface area contributed by atoms with Gasteiger partial charge in [-0.1, -0.05) is 18.2 Å². The zero-order chi connectivity index (χ0) is 9.26. The molecule has 0 radical (unpaired) electrons. The van der Waals surface area contributed by atoms with E-state index in [4.69, 9.17) is 4.65 Å². The Morgan fingerprint density at radius 2 is 2.15 bits per heavy atom. The number of fused-ring (bicyclic) bond motifs is 1. The SMILES string of the molecule is COB1NC(=O)Nc2ccccc21. The molecule has 0 saturated heterocycles. The van der Waals surface area contributed by atoms with E-state index in [9.17, 15) is 4.79 Å². The van der Waals surface area contributed by atoms with Gasteiger partial charge in [0.25, 0.3) is 0 Å². The average Bonchev–Trinajstić information content (AvgIpc) is 2.16. The molecule has 1 aromatic carbocycles. The van der Waals surface area contributed by atoms with Crippen LogP contribution >= 0.6 is 0 Å². The Kier molecular flexibility index (Phi) is 1.94. The fraction of sp³-hybridized carbons (Fsp3) is 0.125. The largest absolute Gasteiger partial charge is 0.454 e. The molecule has 0 aromatic heterocycles. The third kappa shape index (κ3) is 1.38. The van der Waals surface area contributed by atoms with Crippen molar-refractivity contribution < 1.29 is 9.45 Å². The van der Waals surface area contributed by atoms with Gasteiger partial charge in [-0.05, 0) is 11.5 Å². The molecule has 66 valence electrons. The monoisotopic (exact) mass is 176 g/mol. The molecule has 0 unspecified atom stereocenters. The second-order valence-corrected chi connectivity index (χ2v) is 2.80. The molecule has 1 heterocycles. The van der Waals surface area contributed by atoms with Gasteiger partial charge in [-0.25, -0.2) is 4.79 Å². The normalized spacial score (nSPS) is 14.5. The minimum absolute atomic E-state index is 0.231. The molecule has 2 N–H and O–H groups in total. The van der Waals surface area contributed by atoms with E-state index < -0.39 is 0 Å². The summed E-state index contributed by atoms with van der Waals surface area (Å²) in [6.45, 7) is 0. The van der Waals surface area contributed by atoms with Gasteiger partial charge in [-0.15, -0.1) is 0 Å². The van der Waals surface area contributed by atoms with Crippen LogP contribution in [0.25, 0.3) is 0 Å². The van der Waals surface area contributed by atoms with Crippen molar-refractivity contribution in [2.24, 2.45) is 0 Å². The number of hydrogen-bond acceptors (Lipinski definition) is 2. The summed E-state index contributed by atoms with van der Waals surface area (Å²) in [6.07, 6.45) is 0. The van der Waals surface area contributed by atoms with E-state index in [1.807, 2.05) is 24.3 Å². The van der Waals surface area contributed by atoms with Crippen LogP contribution in [0.2, 0.25) is 0 Å². The van der Waals surface area contributed by atoms with Crippen LogP contribution in [0.15, 0.2) is 24.3 Å². The molecule has 5 heteroatoms. The lowest BCUT2D eigenvalue weighted by Crippen LogP contribution is -2.56. The zero-order valence-corrected chi connectivity index (χ0v) is 7.20. The minimum atomic E-state index is -0.343. The smallest absolute Gasteiger partial charge is 0.415 e. The summed E-state index contributed by atoms with van der Waals surface area (Å²) in [5.74, 6) is 0. The highest BCUT2D eigenvalue weighted by Crippen LogP contribution is 2.07. The van der Waals surface area contributed by atoms with Gasteiger partial charge in [0.05, 0.1) is 0 Å². The van der Waals surface area contributed by atoms with Gasteiger partial charge in [-0.3, -0.25) is 0 Å². The van der Waals surface area contributed by atoms with E-state index >= 15 is 0 Å². The molecule has 1 aromatic rings. The van der Waals surface area contributed by atoms with E-state index in [0.29, 0.717) is 0 Å².